The molecule has 0 aromatic heterocycles. The Labute approximate surface area is 183 Å². The van der Waals surface area contributed by atoms with Gasteiger partial charge in [0.2, 0.25) is 11.8 Å². The van der Waals surface area contributed by atoms with E-state index in [0.717, 1.165) is 12.1 Å². The molecule has 0 unspecified atom stereocenters. The number of anilines is 1. The van der Waals surface area contributed by atoms with E-state index >= 15 is 0 Å². The maximum absolute atomic E-state index is 14.1. The molecule has 1 N–H and O–H groups in total. The average molecular weight is 449 g/mol. The van der Waals surface area contributed by atoms with Crippen LogP contribution in [0.25, 0.3) is 0 Å². The number of fused-ring (bicyclic) bond motifs is 2. The van der Waals surface area contributed by atoms with Gasteiger partial charge in [-0.1, -0.05) is 30.3 Å². The van der Waals surface area contributed by atoms with Gasteiger partial charge in [-0.05, 0) is 55.3 Å². The van der Waals surface area contributed by atoms with Crippen LogP contribution in [-0.4, -0.2) is 49.1 Å². The van der Waals surface area contributed by atoms with Crippen LogP contribution in [-0.2, 0) is 21.5 Å². The van der Waals surface area contributed by atoms with Crippen LogP contribution in [0.15, 0.2) is 48.5 Å². The van der Waals surface area contributed by atoms with Crippen molar-refractivity contribution in [2.45, 2.75) is 31.0 Å². The molecule has 2 aliphatic heterocycles. The van der Waals surface area contributed by atoms with Crippen molar-refractivity contribution in [1.29, 1.82) is 0 Å². The molecule has 9 heteroatoms. The van der Waals surface area contributed by atoms with Crippen molar-refractivity contribution in [2.24, 2.45) is 0 Å². The highest BCUT2D eigenvalue weighted by atomic mass is 19.4. The molecule has 170 valence electrons. The van der Waals surface area contributed by atoms with Gasteiger partial charge < -0.3 is 10.2 Å². The van der Waals surface area contributed by atoms with Gasteiger partial charge in [0.25, 0.3) is 0 Å². The van der Waals surface area contributed by atoms with Crippen LogP contribution in [0, 0.1) is 5.82 Å². The molecule has 1 spiro atoms. The quantitative estimate of drug-likeness (QED) is 0.713. The Bertz CT molecular complexity index is 1000. The number of piperidine rings is 1. The lowest BCUT2D eigenvalue weighted by atomic mass is 9.73. The molecule has 2 aliphatic rings. The van der Waals surface area contributed by atoms with E-state index in [2.05, 4.69) is 4.90 Å². The zero-order valence-electron chi connectivity index (χ0n) is 17.3. The van der Waals surface area contributed by atoms with Crippen LogP contribution >= 0.6 is 0 Å². The highest BCUT2D eigenvalue weighted by Gasteiger charge is 2.52. The van der Waals surface area contributed by atoms with Crippen LogP contribution in [0.2, 0.25) is 0 Å². The molecule has 0 atom stereocenters. The lowest BCUT2D eigenvalue weighted by Crippen LogP contribution is -2.50. The number of benzene rings is 2. The van der Waals surface area contributed by atoms with E-state index in [-0.39, 0.29) is 5.91 Å². The van der Waals surface area contributed by atoms with Gasteiger partial charge in [0.15, 0.2) is 0 Å². The Balaban J connectivity index is 1.52. The second-order valence-electron chi connectivity index (χ2n) is 8.29. The number of likely N-dealkylation sites (tertiary alicyclic amines) is 1. The molecular formula is C23H23F4N3O2. The normalized spacial score (nSPS) is 18.1. The van der Waals surface area contributed by atoms with Gasteiger partial charge in [-0.25, -0.2) is 4.39 Å². The maximum Gasteiger partial charge on any atom is 0.405 e. The lowest BCUT2D eigenvalue weighted by Gasteiger charge is -2.38. The molecule has 2 aromatic rings. The minimum absolute atomic E-state index is 0.361. The maximum atomic E-state index is 14.1. The average Bonchev–Trinajstić information content (AvgIpc) is 2.96. The van der Waals surface area contributed by atoms with Gasteiger partial charge >= 0.3 is 6.18 Å². The lowest BCUT2D eigenvalue weighted by molar-refractivity contribution is -0.138. The minimum atomic E-state index is -4.54. The summed E-state index contributed by atoms with van der Waals surface area (Å²) in [7, 11) is 0. The molecule has 32 heavy (non-hydrogen) atoms. The molecule has 0 aliphatic carbocycles. The van der Waals surface area contributed by atoms with Gasteiger partial charge in [0.05, 0.1) is 5.41 Å². The van der Waals surface area contributed by atoms with Crippen molar-refractivity contribution >= 4 is 17.5 Å². The van der Waals surface area contributed by atoms with Crippen molar-refractivity contribution in [3.63, 3.8) is 0 Å². The number of carbonyl (C=O) groups excluding carboxylic acids is 2. The van der Waals surface area contributed by atoms with Gasteiger partial charge in [0.1, 0.15) is 18.9 Å². The van der Waals surface area contributed by atoms with Crippen LogP contribution in [0.1, 0.15) is 24.0 Å². The third-order valence-corrected chi connectivity index (χ3v) is 6.17. The highest BCUT2D eigenvalue weighted by Crippen LogP contribution is 2.48. The van der Waals surface area contributed by atoms with Crippen molar-refractivity contribution in [1.82, 2.24) is 10.2 Å². The van der Waals surface area contributed by atoms with Gasteiger partial charge in [0, 0.05) is 12.2 Å². The van der Waals surface area contributed by atoms with Gasteiger partial charge in [-0.15, -0.1) is 0 Å². The first kappa shape index (κ1) is 22.3. The minimum Gasteiger partial charge on any atom is -0.345 e. The number of nitrogens with zero attached hydrogens (tertiary/aromatic N) is 2. The highest BCUT2D eigenvalue weighted by molar-refractivity contribution is 6.10. The summed E-state index contributed by atoms with van der Waals surface area (Å²) in [6.45, 7) is -0.0766. The molecule has 2 heterocycles. The van der Waals surface area contributed by atoms with Crippen molar-refractivity contribution in [3.8, 4) is 0 Å². The zero-order valence-corrected chi connectivity index (χ0v) is 17.3. The Morgan fingerprint density at radius 3 is 2.41 bits per heavy atom. The summed E-state index contributed by atoms with van der Waals surface area (Å²) in [6, 6.07) is 13.8. The standard InChI is InChI=1S/C23H23F4N3O2/c24-17-6-7-19-18(12-17)22(21(32)30(19)14-20(31)28-15-23(25,26)27)8-10-29(11-9-22)13-16-4-2-1-3-5-16/h1-7,12H,8-11,13-15H2,(H,28,31). The van der Waals surface area contributed by atoms with Crippen LogP contribution in [0.3, 0.4) is 0 Å². The topological polar surface area (TPSA) is 52.7 Å². The first-order valence-electron chi connectivity index (χ1n) is 10.4. The largest absolute Gasteiger partial charge is 0.405 e. The molecule has 5 nitrogen and oxygen atoms in total. The van der Waals surface area contributed by atoms with Crippen LogP contribution in [0.5, 0.6) is 0 Å². The molecule has 1 fully saturated rings. The predicted molar refractivity (Wildman–Crippen MR) is 110 cm³/mol. The fourth-order valence-corrected chi connectivity index (χ4v) is 4.58. The first-order valence-corrected chi connectivity index (χ1v) is 10.4. The summed E-state index contributed by atoms with van der Waals surface area (Å²) < 4.78 is 51.4. The van der Waals surface area contributed by atoms with E-state index in [1.807, 2.05) is 30.3 Å². The number of halogens is 4. The van der Waals surface area contributed by atoms with E-state index in [0.29, 0.717) is 37.2 Å². The third-order valence-electron chi connectivity index (χ3n) is 6.17. The van der Waals surface area contributed by atoms with Crippen LogP contribution in [0.4, 0.5) is 23.2 Å². The number of rotatable bonds is 5. The van der Waals surface area contributed by atoms with E-state index in [1.54, 1.807) is 5.32 Å². The number of alkyl halides is 3. The zero-order chi connectivity index (χ0) is 22.9. The molecule has 0 radical (unpaired) electrons. The van der Waals surface area contributed by atoms with E-state index in [4.69, 9.17) is 0 Å². The summed E-state index contributed by atoms with van der Waals surface area (Å²) >= 11 is 0. The fourth-order valence-electron chi connectivity index (χ4n) is 4.58. The molecule has 1 saturated heterocycles. The SMILES string of the molecule is O=C(CN1C(=O)C2(CCN(Cc3ccccc3)CC2)c2cc(F)ccc21)NCC(F)(F)F. The molecule has 0 saturated carbocycles. The summed E-state index contributed by atoms with van der Waals surface area (Å²) in [5.41, 5.74) is 1.06. The Kier molecular flexibility index (Phi) is 5.94. The molecule has 2 aromatic carbocycles. The number of hydrogen-bond acceptors (Lipinski definition) is 3. The Hall–Kier alpha value is -2.94. The molecule has 0 bridgehead atoms. The van der Waals surface area contributed by atoms with E-state index < -0.39 is 36.4 Å². The molecule has 4 rings (SSSR count). The second-order valence-corrected chi connectivity index (χ2v) is 8.29. The van der Waals surface area contributed by atoms with Gasteiger partial charge in [-0.3, -0.25) is 14.5 Å². The van der Waals surface area contributed by atoms with E-state index in [1.165, 1.54) is 23.1 Å². The number of carbonyl (C=O) groups is 2. The Morgan fingerprint density at radius 2 is 1.75 bits per heavy atom. The smallest absolute Gasteiger partial charge is 0.345 e. The third kappa shape index (κ3) is 4.48. The van der Waals surface area contributed by atoms with Gasteiger partial charge in [-0.2, -0.15) is 13.2 Å². The van der Waals surface area contributed by atoms with Crippen molar-refractivity contribution < 1.29 is 27.2 Å². The second kappa shape index (κ2) is 8.54. The Morgan fingerprint density at radius 1 is 1.06 bits per heavy atom. The number of amides is 2. The monoisotopic (exact) mass is 449 g/mol. The van der Waals surface area contributed by atoms with Crippen LogP contribution < -0.4 is 10.2 Å². The fraction of sp³-hybridized carbons (Fsp3) is 0.391. The van der Waals surface area contributed by atoms with E-state index in [9.17, 15) is 27.2 Å². The van der Waals surface area contributed by atoms with Crippen molar-refractivity contribution in [2.75, 3.05) is 31.1 Å². The summed E-state index contributed by atoms with van der Waals surface area (Å²) in [5, 5.41) is 1.80. The molecule has 2 amide bonds. The number of nitrogens with one attached hydrogen (secondary N) is 1. The summed E-state index contributed by atoms with van der Waals surface area (Å²) in [4.78, 5) is 28.9. The number of hydrogen-bond donors (Lipinski definition) is 1. The predicted octanol–water partition coefficient (Wildman–Crippen LogP) is 3.38. The first-order chi connectivity index (χ1) is 15.2. The van der Waals surface area contributed by atoms with Crippen molar-refractivity contribution in [3.05, 3.63) is 65.5 Å². The summed E-state index contributed by atoms with van der Waals surface area (Å²) in [5.74, 6) is -1.77. The summed E-state index contributed by atoms with van der Waals surface area (Å²) in [6.07, 6.45) is -3.66. The molecular weight excluding hydrogens is 426 g/mol.